The highest BCUT2D eigenvalue weighted by Crippen LogP contribution is 2.13. The highest BCUT2D eigenvalue weighted by molar-refractivity contribution is 5.98. The van der Waals surface area contributed by atoms with E-state index >= 15 is 0 Å². The summed E-state index contributed by atoms with van der Waals surface area (Å²) in [6.07, 6.45) is -0.112. The minimum Gasteiger partial charge on any atom is -0.508 e. The van der Waals surface area contributed by atoms with E-state index in [0.717, 1.165) is 11.3 Å². The van der Waals surface area contributed by atoms with E-state index in [9.17, 15) is 43.5 Å². The van der Waals surface area contributed by atoms with Crippen molar-refractivity contribution in [3.8, 4) is 5.75 Å². The van der Waals surface area contributed by atoms with Crippen LogP contribution in [0.4, 0.5) is 0 Å². The van der Waals surface area contributed by atoms with Gasteiger partial charge in [-0.05, 0) is 55.8 Å². The molecule has 0 fully saturated rings. The van der Waals surface area contributed by atoms with Crippen LogP contribution in [0.25, 0.3) is 0 Å². The standard InChI is InChI=1S/C36H60N10O9/c1-7-21(4)31(45-32(51)24(37)16-22-8-10-23(47)11-9-22)35(54)42-25(12-13-28(38)48)33(52)43-26(17-29(39)49)34(53)44-27(18-40-5)36(55)46(6)19-30(50)41-15-14-20(2)3/h8-11,20-21,24-27,31,40,47H,7,12-19,37H2,1-6H3,(H2,38,48)(H2,39,49)(H,41,50)(H,42,54)(H,43,52)(H,44,53)(H,45,51)/t21-,24-,25-,26-,27-,31-/m0/s1. The maximum absolute atomic E-state index is 13.7. The Labute approximate surface area is 322 Å². The molecule has 55 heavy (non-hydrogen) atoms. The van der Waals surface area contributed by atoms with Crippen LogP contribution in [0, 0.1) is 11.8 Å². The summed E-state index contributed by atoms with van der Waals surface area (Å²) in [5.74, 6) is -6.28. The number of phenolic OH excluding ortho intramolecular Hbond substituents is 1. The van der Waals surface area contributed by atoms with E-state index < -0.39 is 89.8 Å². The molecule has 0 aromatic heterocycles. The van der Waals surface area contributed by atoms with Gasteiger partial charge in [0.1, 0.15) is 29.9 Å². The lowest BCUT2D eigenvalue weighted by molar-refractivity contribution is -0.139. The molecule has 1 aromatic carbocycles. The highest BCUT2D eigenvalue weighted by atomic mass is 16.3. The number of nitrogens with zero attached hydrogens (tertiary/aromatic N) is 1. The van der Waals surface area contributed by atoms with Crippen molar-refractivity contribution in [1.29, 1.82) is 0 Å². The molecule has 0 aliphatic heterocycles. The summed E-state index contributed by atoms with van der Waals surface area (Å²) in [7, 11) is 2.91. The number of hydrogen-bond donors (Lipinski definition) is 10. The van der Waals surface area contributed by atoms with E-state index in [-0.39, 0.29) is 38.1 Å². The Morgan fingerprint density at radius 2 is 1.36 bits per heavy atom. The SMILES string of the molecule is CC[C@H](C)[C@H](NC(=O)[C@@H](N)Cc1ccc(O)cc1)C(=O)N[C@@H](CCC(N)=O)C(=O)N[C@@H](CC(N)=O)C(=O)N[C@@H](CNC)C(=O)N(C)CC(=O)NCCC(C)C. The summed E-state index contributed by atoms with van der Waals surface area (Å²) in [6.45, 7) is 7.53. The van der Waals surface area contributed by atoms with Crippen molar-refractivity contribution in [3.63, 3.8) is 0 Å². The molecule has 19 nitrogen and oxygen atoms in total. The summed E-state index contributed by atoms with van der Waals surface area (Å²) in [5.41, 5.74) is 17.5. The Balaban J connectivity index is 3.18. The number of phenols is 1. The molecule has 0 heterocycles. The van der Waals surface area contributed by atoms with Crippen LogP contribution < -0.4 is 49.1 Å². The lowest BCUT2D eigenvalue weighted by atomic mass is 9.96. The maximum atomic E-state index is 13.7. The largest absolute Gasteiger partial charge is 0.508 e. The number of amides is 8. The predicted octanol–water partition coefficient (Wildman–Crippen LogP) is -2.77. The van der Waals surface area contributed by atoms with Crippen LogP contribution in [-0.2, 0) is 44.8 Å². The van der Waals surface area contributed by atoms with Crippen molar-refractivity contribution in [1.82, 2.24) is 36.8 Å². The molecule has 6 atom stereocenters. The number of carbonyl (C=O) groups is 8. The number of primary amides is 2. The highest BCUT2D eigenvalue weighted by Gasteiger charge is 2.34. The fourth-order valence-electron chi connectivity index (χ4n) is 5.23. The molecule has 0 aliphatic rings. The first-order valence-corrected chi connectivity index (χ1v) is 18.3. The molecule has 19 heteroatoms. The number of likely N-dealkylation sites (N-methyl/N-ethyl adjacent to an activating group) is 2. The van der Waals surface area contributed by atoms with Crippen LogP contribution in [0.2, 0.25) is 0 Å². The summed E-state index contributed by atoms with van der Waals surface area (Å²) in [5, 5.41) is 25.0. The predicted molar refractivity (Wildman–Crippen MR) is 203 cm³/mol. The van der Waals surface area contributed by atoms with Gasteiger partial charge in [0.2, 0.25) is 47.3 Å². The second-order valence-electron chi connectivity index (χ2n) is 14.0. The Bertz CT molecular complexity index is 1470. The van der Waals surface area contributed by atoms with Gasteiger partial charge in [-0.3, -0.25) is 38.4 Å². The average molecular weight is 777 g/mol. The van der Waals surface area contributed by atoms with E-state index in [4.69, 9.17) is 17.2 Å². The van der Waals surface area contributed by atoms with Gasteiger partial charge in [-0.15, -0.1) is 0 Å². The molecular formula is C36H60N10O9. The normalized spacial score (nSPS) is 14.3. The number of carbonyl (C=O) groups excluding carboxylic acids is 8. The second kappa shape index (κ2) is 24.2. The molecule has 0 bridgehead atoms. The molecule has 1 rings (SSSR count). The summed E-state index contributed by atoms with van der Waals surface area (Å²) in [6, 6.07) is -0.500. The third-order valence-electron chi connectivity index (χ3n) is 8.70. The fourth-order valence-corrected chi connectivity index (χ4v) is 5.23. The van der Waals surface area contributed by atoms with Crippen LogP contribution in [-0.4, -0.2) is 121 Å². The third-order valence-corrected chi connectivity index (χ3v) is 8.70. The van der Waals surface area contributed by atoms with Crippen LogP contribution in [0.15, 0.2) is 24.3 Å². The minimum atomic E-state index is -1.63. The molecule has 0 saturated carbocycles. The van der Waals surface area contributed by atoms with Gasteiger partial charge in [0.15, 0.2) is 0 Å². The molecule has 8 amide bonds. The van der Waals surface area contributed by atoms with Crippen LogP contribution in [0.3, 0.4) is 0 Å². The molecule has 0 unspecified atom stereocenters. The Kier molecular flexibility index (Phi) is 21.0. The number of nitrogens with two attached hydrogens (primary N) is 3. The molecule has 0 saturated heterocycles. The first-order chi connectivity index (χ1) is 25.8. The minimum absolute atomic E-state index is 0.0398. The van der Waals surface area contributed by atoms with Crippen molar-refractivity contribution < 1.29 is 43.5 Å². The third kappa shape index (κ3) is 18.1. The lowest BCUT2D eigenvalue weighted by Gasteiger charge is -2.29. The molecule has 0 radical (unpaired) electrons. The van der Waals surface area contributed by atoms with Gasteiger partial charge in [0.05, 0.1) is 19.0 Å². The van der Waals surface area contributed by atoms with Crippen molar-refractivity contribution >= 4 is 47.3 Å². The molecule has 0 aliphatic carbocycles. The van der Waals surface area contributed by atoms with E-state index in [1.54, 1.807) is 26.0 Å². The quantitative estimate of drug-likeness (QED) is 0.0485. The summed E-state index contributed by atoms with van der Waals surface area (Å²) >= 11 is 0. The van der Waals surface area contributed by atoms with Gasteiger partial charge in [-0.25, -0.2) is 0 Å². The monoisotopic (exact) mass is 776 g/mol. The van der Waals surface area contributed by atoms with Crippen molar-refractivity contribution in [2.24, 2.45) is 29.0 Å². The maximum Gasteiger partial charge on any atom is 0.246 e. The number of rotatable bonds is 25. The summed E-state index contributed by atoms with van der Waals surface area (Å²) < 4.78 is 0. The van der Waals surface area contributed by atoms with Gasteiger partial charge in [0.25, 0.3) is 0 Å². The number of hydrogen-bond acceptors (Lipinski definition) is 11. The van der Waals surface area contributed by atoms with Crippen LogP contribution >= 0.6 is 0 Å². The van der Waals surface area contributed by atoms with E-state index in [2.05, 4.69) is 31.9 Å². The Morgan fingerprint density at radius 1 is 0.782 bits per heavy atom. The van der Waals surface area contributed by atoms with E-state index in [1.807, 2.05) is 13.8 Å². The second-order valence-corrected chi connectivity index (χ2v) is 14.0. The Hall–Kier alpha value is -5.30. The zero-order valence-electron chi connectivity index (χ0n) is 32.6. The van der Waals surface area contributed by atoms with E-state index in [1.165, 1.54) is 26.2 Å². The topological polar surface area (TPSA) is 310 Å². The molecular weight excluding hydrogens is 716 g/mol. The molecule has 1 aromatic rings. The number of nitrogens with one attached hydrogen (secondary N) is 6. The van der Waals surface area contributed by atoms with Gasteiger partial charge in [-0.1, -0.05) is 46.2 Å². The van der Waals surface area contributed by atoms with Gasteiger partial charge in [0, 0.05) is 26.6 Å². The molecule has 13 N–H and O–H groups in total. The van der Waals surface area contributed by atoms with Crippen LogP contribution in [0.1, 0.15) is 65.4 Å². The first-order valence-electron chi connectivity index (χ1n) is 18.3. The summed E-state index contributed by atoms with van der Waals surface area (Å²) in [4.78, 5) is 104. The van der Waals surface area contributed by atoms with E-state index in [0.29, 0.717) is 24.4 Å². The zero-order chi connectivity index (χ0) is 41.8. The van der Waals surface area contributed by atoms with Gasteiger partial charge < -0.3 is 59.1 Å². The van der Waals surface area contributed by atoms with Crippen molar-refractivity contribution in [3.05, 3.63) is 29.8 Å². The van der Waals surface area contributed by atoms with Gasteiger partial charge >= 0.3 is 0 Å². The van der Waals surface area contributed by atoms with Crippen LogP contribution in [0.5, 0.6) is 5.75 Å². The Morgan fingerprint density at radius 3 is 1.91 bits per heavy atom. The fraction of sp³-hybridized carbons (Fsp3) is 0.611. The molecule has 308 valence electrons. The first kappa shape index (κ1) is 47.7. The lowest BCUT2D eigenvalue weighted by Crippen LogP contribution is -2.61. The average Bonchev–Trinajstić information content (AvgIpc) is 3.11. The van der Waals surface area contributed by atoms with Gasteiger partial charge in [-0.2, -0.15) is 0 Å². The zero-order valence-corrected chi connectivity index (χ0v) is 32.6. The number of aromatic hydroxyl groups is 1. The smallest absolute Gasteiger partial charge is 0.246 e. The molecule has 0 spiro atoms. The van der Waals surface area contributed by atoms with Crippen molar-refractivity contribution in [2.75, 3.05) is 33.7 Å². The number of benzene rings is 1. The van der Waals surface area contributed by atoms with Crippen molar-refractivity contribution in [2.45, 2.75) is 96.4 Å².